The number of allylic oxidation sites excluding steroid dienone is 2. The van der Waals surface area contributed by atoms with E-state index >= 15 is 0 Å². The van der Waals surface area contributed by atoms with Crippen molar-refractivity contribution in [1.29, 1.82) is 0 Å². The third kappa shape index (κ3) is 11.4. The Morgan fingerprint density at radius 2 is 1.85 bits per heavy atom. The highest BCUT2D eigenvalue weighted by atomic mass is 16.5. The van der Waals surface area contributed by atoms with Crippen molar-refractivity contribution in [3.05, 3.63) is 60.9 Å². The Kier molecular flexibility index (Phi) is 15.1. The van der Waals surface area contributed by atoms with E-state index in [0.717, 1.165) is 18.9 Å². The topological polar surface area (TPSA) is 50.8 Å². The maximum atomic E-state index is 5.95. The SMILES string of the molecule is C/C=C(\C=NC(C)c1ccccc1)OCC1CCN(C)CC1.C=C.CCN. The Balaban J connectivity index is 0.00000123. The van der Waals surface area contributed by atoms with Gasteiger partial charge in [0.05, 0.1) is 18.9 Å². The fourth-order valence-corrected chi connectivity index (χ4v) is 2.64. The van der Waals surface area contributed by atoms with E-state index in [1.807, 2.05) is 32.2 Å². The van der Waals surface area contributed by atoms with Crippen LogP contribution in [0.25, 0.3) is 0 Å². The van der Waals surface area contributed by atoms with Crippen LogP contribution in [0.3, 0.4) is 0 Å². The summed E-state index contributed by atoms with van der Waals surface area (Å²) in [4.78, 5) is 7.00. The number of ether oxygens (including phenoxy) is 1. The minimum atomic E-state index is 0.156. The van der Waals surface area contributed by atoms with Gasteiger partial charge < -0.3 is 15.4 Å². The molecular weight excluding hydrogens is 334 g/mol. The molecule has 0 bridgehead atoms. The quantitative estimate of drug-likeness (QED) is 0.441. The van der Waals surface area contributed by atoms with Crippen LogP contribution in [0.4, 0.5) is 0 Å². The summed E-state index contributed by atoms with van der Waals surface area (Å²) in [6.07, 6.45) is 6.32. The second kappa shape index (κ2) is 16.3. The first-order valence-electron chi connectivity index (χ1n) is 9.86. The molecule has 2 rings (SSSR count). The lowest BCUT2D eigenvalue weighted by atomic mass is 9.98. The number of aliphatic imine (C=N–C) groups is 1. The third-order valence-electron chi connectivity index (χ3n) is 4.32. The molecule has 0 aliphatic carbocycles. The van der Waals surface area contributed by atoms with Crippen molar-refractivity contribution in [2.24, 2.45) is 16.6 Å². The molecule has 0 radical (unpaired) electrons. The van der Waals surface area contributed by atoms with E-state index in [1.54, 1.807) is 0 Å². The van der Waals surface area contributed by atoms with E-state index in [1.165, 1.54) is 31.5 Å². The van der Waals surface area contributed by atoms with E-state index in [0.29, 0.717) is 5.92 Å². The average Bonchev–Trinajstić information content (AvgIpc) is 2.72. The molecule has 1 unspecified atom stereocenters. The molecular formula is C23H39N3O. The van der Waals surface area contributed by atoms with Gasteiger partial charge in [-0.05, 0) is 70.9 Å². The summed E-state index contributed by atoms with van der Waals surface area (Å²) in [6.45, 7) is 15.9. The molecule has 0 aromatic heterocycles. The minimum absolute atomic E-state index is 0.156. The van der Waals surface area contributed by atoms with Gasteiger partial charge in [-0.1, -0.05) is 37.3 Å². The van der Waals surface area contributed by atoms with E-state index in [9.17, 15) is 0 Å². The second-order valence-electron chi connectivity index (χ2n) is 6.52. The van der Waals surface area contributed by atoms with Gasteiger partial charge >= 0.3 is 0 Å². The number of piperidine rings is 1. The molecule has 1 aromatic carbocycles. The number of nitrogens with two attached hydrogens (primary N) is 1. The molecule has 0 spiro atoms. The van der Waals surface area contributed by atoms with Gasteiger partial charge in [-0.3, -0.25) is 4.99 Å². The molecule has 0 saturated carbocycles. The van der Waals surface area contributed by atoms with Crippen LogP contribution in [0.1, 0.15) is 45.2 Å². The summed E-state index contributed by atoms with van der Waals surface area (Å²) in [6, 6.07) is 10.5. The van der Waals surface area contributed by atoms with E-state index in [-0.39, 0.29) is 6.04 Å². The van der Waals surface area contributed by atoms with Crippen LogP contribution in [-0.4, -0.2) is 44.4 Å². The maximum absolute atomic E-state index is 5.95. The maximum Gasteiger partial charge on any atom is 0.132 e. The van der Waals surface area contributed by atoms with Crippen molar-refractivity contribution < 1.29 is 4.74 Å². The summed E-state index contributed by atoms with van der Waals surface area (Å²) in [5, 5.41) is 0. The summed E-state index contributed by atoms with van der Waals surface area (Å²) in [5.74, 6) is 1.55. The highest BCUT2D eigenvalue weighted by molar-refractivity contribution is 5.76. The summed E-state index contributed by atoms with van der Waals surface area (Å²) in [5.41, 5.74) is 6.07. The number of nitrogens with zero attached hydrogens (tertiary/aromatic N) is 2. The minimum Gasteiger partial charge on any atom is -0.492 e. The predicted molar refractivity (Wildman–Crippen MR) is 119 cm³/mol. The molecule has 4 nitrogen and oxygen atoms in total. The lowest BCUT2D eigenvalue weighted by molar-refractivity contribution is 0.126. The summed E-state index contributed by atoms with van der Waals surface area (Å²) in [7, 11) is 2.19. The van der Waals surface area contributed by atoms with Crippen molar-refractivity contribution in [3.8, 4) is 0 Å². The van der Waals surface area contributed by atoms with Crippen LogP contribution in [-0.2, 0) is 4.74 Å². The Morgan fingerprint density at radius 3 is 2.37 bits per heavy atom. The smallest absolute Gasteiger partial charge is 0.132 e. The van der Waals surface area contributed by atoms with Gasteiger partial charge in [0.2, 0.25) is 0 Å². The van der Waals surface area contributed by atoms with E-state index in [2.05, 4.69) is 61.3 Å². The molecule has 1 heterocycles. The highest BCUT2D eigenvalue weighted by Gasteiger charge is 2.17. The molecule has 27 heavy (non-hydrogen) atoms. The standard InChI is InChI=1S/C19H28N2O.C2H7N.C2H4/c1-4-19(22-15-17-10-12-21(3)13-11-17)14-20-16(2)18-8-6-5-7-9-18;1-2-3;1-2/h4-9,14,16-17H,10-13,15H2,1-3H3;2-3H2,1H3;1-2H2/b19-4+,20-14?;;. The van der Waals surface area contributed by atoms with Crippen LogP contribution in [0.15, 0.2) is 60.3 Å². The first-order chi connectivity index (χ1) is 13.1. The molecule has 1 atom stereocenters. The van der Waals surface area contributed by atoms with Gasteiger partial charge in [0, 0.05) is 0 Å². The van der Waals surface area contributed by atoms with Gasteiger partial charge in [-0.15, -0.1) is 13.2 Å². The Labute approximate surface area is 166 Å². The molecule has 4 heteroatoms. The van der Waals surface area contributed by atoms with Crippen LogP contribution in [0.5, 0.6) is 0 Å². The van der Waals surface area contributed by atoms with Crippen molar-refractivity contribution in [2.45, 2.75) is 39.7 Å². The molecule has 1 saturated heterocycles. The molecule has 1 aromatic rings. The van der Waals surface area contributed by atoms with Crippen LogP contribution >= 0.6 is 0 Å². The van der Waals surface area contributed by atoms with Crippen molar-refractivity contribution in [1.82, 2.24) is 4.90 Å². The number of hydrogen-bond donors (Lipinski definition) is 1. The summed E-state index contributed by atoms with van der Waals surface area (Å²) >= 11 is 0. The second-order valence-corrected chi connectivity index (χ2v) is 6.52. The van der Waals surface area contributed by atoms with Crippen LogP contribution < -0.4 is 5.73 Å². The molecule has 152 valence electrons. The van der Waals surface area contributed by atoms with Crippen molar-refractivity contribution >= 4 is 6.21 Å². The number of hydrogen-bond acceptors (Lipinski definition) is 4. The van der Waals surface area contributed by atoms with Gasteiger partial charge in [0.1, 0.15) is 5.76 Å². The number of benzene rings is 1. The zero-order chi connectivity index (χ0) is 20.5. The van der Waals surface area contributed by atoms with Crippen LogP contribution in [0, 0.1) is 5.92 Å². The van der Waals surface area contributed by atoms with Gasteiger partial charge in [0.15, 0.2) is 0 Å². The zero-order valence-corrected chi connectivity index (χ0v) is 17.7. The van der Waals surface area contributed by atoms with Gasteiger partial charge in [-0.2, -0.15) is 0 Å². The fraction of sp³-hybridized carbons (Fsp3) is 0.522. The molecule has 1 aliphatic heterocycles. The van der Waals surface area contributed by atoms with Crippen molar-refractivity contribution in [3.63, 3.8) is 0 Å². The zero-order valence-electron chi connectivity index (χ0n) is 17.7. The Morgan fingerprint density at radius 1 is 1.30 bits per heavy atom. The van der Waals surface area contributed by atoms with E-state index < -0.39 is 0 Å². The first-order valence-corrected chi connectivity index (χ1v) is 9.86. The molecule has 2 N–H and O–H groups in total. The first kappa shape index (κ1) is 25.1. The lowest BCUT2D eigenvalue weighted by Crippen LogP contribution is -2.31. The fourth-order valence-electron chi connectivity index (χ4n) is 2.64. The molecule has 0 amide bonds. The monoisotopic (exact) mass is 373 g/mol. The highest BCUT2D eigenvalue weighted by Crippen LogP contribution is 2.18. The van der Waals surface area contributed by atoms with Crippen LogP contribution in [0.2, 0.25) is 0 Å². The predicted octanol–water partition coefficient (Wildman–Crippen LogP) is 4.85. The lowest BCUT2D eigenvalue weighted by Gasteiger charge is -2.28. The molecule has 1 aliphatic rings. The van der Waals surface area contributed by atoms with Gasteiger partial charge in [-0.25, -0.2) is 0 Å². The Hall–Kier alpha value is -1.91. The Bertz CT molecular complexity index is 520. The number of likely N-dealkylation sites (tertiary alicyclic amines) is 1. The number of rotatable bonds is 6. The van der Waals surface area contributed by atoms with Gasteiger partial charge in [0.25, 0.3) is 0 Å². The average molecular weight is 374 g/mol. The molecule has 1 fully saturated rings. The largest absolute Gasteiger partial charge is 0.492 e. The van der Waals surface area contributed by atoms with Crippen molar-refractivity contribution in [2.75, 3.05) is 33.3 Å². The van der Waals surface area contributed by atoms with E-state index in [4.69, 9.17) is 10.5 Å². The normalized spacial score (nSPS) is 16.7. The third-order valence-corrected chi connectivity index (χ3v) is 4.32. The summed E-state index contributed by atoms with van der Waals surface area (Å²) < 4.78 is 5.95.